The first kappa shape index (κ1) is 25.8. The van der Waals surface area contributed by atoms with Crippen molar-refractivity contribution >= 4 is 86.7 Å². The molecule has 0 fully saturated rings. The Morgan fingerprint density at radius 1 is 0.271 bits per heavy atom. The van der Waals surface area contributed by atoms with Gasteiger partial charge >= 0.3 is 0 Å². The van der Waals surface area contributed by atoms with E-state index in [0.717, 1.165) is 0 Å². The average Bonchev–Trinajstić information content (AvgIpc) is 3.69. The van der Waals surface area contributed by atoms with Crippen molar-refractivity contribution in [2.45, 2.75) is 0 Å². The maximum atomic E-state index is 2.51. The zero-order chi connectivity index (χ0) is 31.3. The van der Waals surface area contributed by atoms with Gasteiger partial charge in [-0.15, -0.1) is 0 Å². The zero-order valence-electron chi connectivity index (χ0n) is 26.1. The number of hydrogen-bond acceptors (Lipinski definition) is 0. The Morgan fingerprint density at radius 3 is 1.62 bits per heavy atom. The van der Waals surface area contributed by atoms with E-state index in [9.17, 15) is 0 Å². The predicted molar refractivity (Wildman–Crippen MR) is 205 cm³/mol. The first-order valence-corrected chi connectivity index (χ1v) is 16.6. The SMILES string of the molecule is c1ccc(-n2c3ccc4c(c5ccc6ccccc6c5n4-c4ccc5ccccc5c4)c3c3c4ccccc4c4ccccc4c32)cc1. The Balaban J connectivity index is 1.45. The molecule has 0 amide bonds. The van der Waals surface area contributed by atoms with Gasteiger partial charge in [0.25, 0.3) is 0 Å². The average molecular weight is 609 g/mol. The van der Waals surface area contributed by atoms with Crippen molar-refractivity contribution in [1.82, 2.24) is 9.13 Å². The molecule has 2 heterocycles. The number of hydrogen-bond donors (Lipinski definition) is 0. The molecule has 0 saturated carbocycles. The molecule has 0 unspecified atom stereocenters. The minimum atomic E-state index is 1.17. The van der Waals surface area contributed by atoms with Gasteiger partial charge in [-0.3, -0.25) is 0 Å². The molecule has 11 rings (SSSR count). The Bertz CT molecular complexity index is 3100. The van der Waals surface area contributed by atoms with Crippen molar-refractivity contribution in [2.75, 3.05) is 0 Å². The predicted octanol–water partition coefficient (Wildman–Crippen LogP) is 12.5. The summed E-state index contributed by atoms with van der Waals surface area (Å²) >= 11 is 0. The van der Waals surface area contributed by atoms with E-state index < -0.39 is 0 Å². The van der Waals surface area contributed by atoms with Gasteiger partial charge in [-0.1, -0.05) is 133 Å². The summed E-state index contributed by atoms with van der Waals surface area (Å²) in [6.07, 6.45) is 0. The molecule has 2 nitrogen and oxygen atoms in total. The molecule has 0 spiro atoms. The van der Waals surface area contributed by atoms with Gasteiger partial charge < -0.3 is 9.13 Å². The van der Waals surface area contributed by atoms with Crippen LogP contribution in [0.4, 0.5) is 0 Å². The van der Waals surface area contributed by atoms with Gasteiger partial charge in [-0.05, 0) is 68.7 Å². The van der Waals surface area contributed by atoms with E-state index in [1.807, 2.05) is 0 Å². The van der Waals surface area contributed by atoms with E-state index in [-0.39, 0.29) is 0 Å². The van der Waals surface area contributed by atoms with Crippen LogP contribution in [-0.4, -0.2) is 9.13 Å². The quantitative estimate of drug-likeness (QED) is 0.173. The molecule has 2 heteroatoms. The highest BCUT2D eigenvalue weighted by atomic mass is 15.0. The van der Waals surface area contributed by atoms with Gasteiger partial charge in [0.15, 0.2) is 0 Å². The second-order valence-electron chi connectivity index (χ2n) is 12.9. The summed E-state index contributed by atoms with van der Waals surface area (Å²) in [7, 11) is 0. The van der Waals surface area contributed by atoms with Crippen LogP contribution < -0.4 is 0 Å². The number of fused-ring (bicyclic) bond motifs is 15. The van der Waals surface area contributed by atoms with Gasteiger partial charge in [-0.25, -0.2) is 0 Å². The summed E-state index contributed by atoms with van der Waals surface area (Å²) in [5, 5.41) is 15.3. The molecule has 0 radical (unpaired) electrons. The van der Waals surface area contributed by atoms with Crippen molar-refractivity contribution < 1.29 is 0 Å². The molecule has 0 aliphatic rings. The van der Waals surface area contributed by atoms with Crippen LogP contribution in [0.1, 0.15) is 0 Å². The standard InChI is InChI=1S/C46H28N2/c1-2-15-32(16-3-1)47-41-27-26-40-42(44(41)43-37-20-10-8-18-35(37)36-19-9-11-21-38(36)46(43)47)39-25-23-30-13-6-7-17-34(30)45(39)48(40)33-24-22-29-12-4-5-14-31(29)28-33/h1-28H. The van der Waals surface area contributed by atoms with Crippen LogP contribution in [0.15, 0.2) is 170 Å². The fraction of sp³-hybridized carbons (Fsp3) is 0. The van der Waals surface area contributed by atoms with Gasteiger partial charge in [0.2, 0.25) is 0 Å². The topological polar surface area (TPSA) is 9.86 Å². The molecule has 0 aliphatic carbocycles. The summed E-state index contributed by atoms with van der Waals surface area (Å²) in [6.45, 7) is 0. The van der Waals surface area contributed by atoms with E-state index in [1.165, 1.54) is 98.1 Å². The van der Waals surface area contributed by atoms with Crippen LogP contribution in [0.3, 0.4) is 0 Å². The lowest BCUT2D eigenvalue weighted by Gasteiger charge is -2.12. The highest BCUT2D eigenvalue weighted by molar-refractivity contribution is 6.39. The Labute approximate surface area is 276 Å². The fourth-order valence-corrected chi connectivity index (χ4v) is 8.45. The minimum Gasteiger partial charge on any atom is -0.309 e. The molecule has 0 bridgehead atoms. The van der Waals surface area contributed by atoms with Crippen molar-refractivity contribution in [3.05, 3.63) is 170 Å². The van der Waals surface area contributed by atoms with E-state index in [4.69, 9.17) is 0 Å². The Hall–Kier alpha value is -6.38. The maximum absolute atomic E-state index is 2.51. The molecule has 11 aromatic rings. The second kappa shape index (κ2) is 9.57. The summed E-state index contributed by atoms with van der Waals surface area (Å²) in [4.78, 5) is 0. The van der Waals surface area contributed by atoms with Crippen LogP contribution >= 0.6 is 0 Å². The van der Waals surface area contributed by atoms with Crippen LogP contribution in [0.2, 0.25) is 0 Å². The van der Waals surface area contributed by atoms with Crippen LogP contribution in [-0.2, 0) is 0 Å². The van der Waals surface area contributed by atoms with Crippen molar-refractivity contribution in [3.63, 3.8) is 0 Å². The fourth-order valence-electron chi connectivity index (χ4n) is 8.45. The van der Waals surface area contributed by atoms with E-state index >= 15 is 0 Å². The van der Waals surface area contributed by atoms with Crippen molar-refractivity contribution in [3.8, 4) is 11.4 Å². The van der Waals surface area contributed by atoms with E-state index in [1.54, 1.807) is 0 Å². The van der Waals surface area contributed by atoms with E-state index in [0.29, 0.717) is 0 Å². The Kier molecular flexibility index (Phi) is 5.14. The number of rotatable bonds is 2. The van der Waals surface area contributed by atoms with E-state index in [2.05, 4.69) is 179 Å². The number of aromatic nitrogens is 2. The molecule has 2 aromatic heterocycles. The zero-order valence-corrected chi connectivity index (χ0v) is 26.1. The molecule has 0 saturated heterocycles. The molecule has 0 aliphatic heterocycles. The normalized spacial score (nSPS) is 12.2. The van der Waals surface area contributed by atoms with Gasteiger partial charge in [-0.2, -0.15) is 0 Å². The van der Waals surface area contributed by atoms with Crippen LogP contribution in [0.5, 0.6) is 0 Å². The summed E-state index contributed by atoms with van der Waals surface area (Å²) in [6, 6.07) is 62.4. The lowest BCUT2D eigenvalue weighted by atomic mass is 9.95. The summed E-state index contributed by atoms with van der Waals surface area (Å²) in [5.41, 5.74) is 7.28. The minimum absolute atomic E-state index is 1.17. The summed E-state index contributed by atoms with van der Waals surface area (Å²) < 4.78 is 5.01. The first-order chi connectivity index (χ1) is 23.8. The third-order valence-electron chi connectivity index (χ3n) is 10.4. The van der Waals surface area contributed by atoms with Crippen molar-refractivity contribution in [1.29, 1.82) is 0 Å². The molecule has 222 valence electrons. The van der Waals surface area contributed by atoms with Gasteiger partial charge in [0.05, 0.1) is 22.1 Å². The molecule has 48 heavy (non-hydrogen) atoms. The highest BCUT2D eigenvalue weighted by Crippen LogP contribution is 2.48. The first-order valence-electron chi connectivity index (χ1n) is 16.6. The largest absolute Gasteiger partial charge is 0.309 e. The second-order valence-corrected chi connectivity index (χ2v) is 12.9. The lowest BCUT2D eigenvalue weighted by molar-refractivity contribution is 1.18. The third-order valence-corrected chi connectivity index (χ3v) is 10.4. The smallest absolute Gasteiger partial charge is 0.0626 e. The Morgan fingerprint density at radius 2 is 0.833 bits per heavy atom. The third kappa shape index (κ3) is 3.36. The molecule has 0 N–H and O–H groups in total. The number of nitrogens with zero attached hydrogens (tertiary/aromatic N) is 2. The number of para-hydroxylation sites is 1. The highest BCUT2D eigenvalue weighted by Gasteiger charge is 2.24. The maximum Gasteiger partial charge on any atom is 0.0626 e. The van der Waals surface area contributed by atoms with Gasteiger partial charge in [0, 0.05) is 43.7 Å². The molecular weight excluding hydrogens is 581 g/mol. The number of benzene rings is 9. The van der Waals surface area contributed by atoms with Gasteiger partial charge in [0.1, 0.15) is 0 Å². The van der Waals surface area contributed by atoms with Crippen molar-refractivity contribution in [2.24, 2.45) is 0 Å². The monoisotopic (exact) mass is 608 g/mol. The van der Waals surface area contributed by atoms with Crippen LogP contribution in [0, 0.1) is 0 Å². The lowest BCUT2D eigenvalue weighted by Crippen LogP contribution is -1.95. The summed E-state index contributed by atoms with van der Waals surface area (Å²) in [5.74, 6) is 0. The molecule has 0 atom stereocenters. The molecular formula is C46H28N2. The molecule has 9 aromatic carbocycles. The van der Waals surface area contributed by atoms with Crippen LogP contribution in [0.25, 0.3) is 98.1 Å².